The van der Waals surface area contributed by atoms with Gasteiger partial charge in [-0.15, -0.1) is 0 Å². The average Bonchev–Trinajstić information content (AvgIpc) is 3.16. The van der Waals surface area contributed by atoms with Gasteiger partial charge in [0.25, 0.3) is 0 Å². The fourth-order valence-corrected chi connectivity index (χ4v) is 5.33. The van der Waals surface area contributed by atoms with Crippen molar-refractivity contribution in [3.63, 3.8) is 0 Å². The molecule has 1 aliphatic rings. The zero-order valence-corrected chi connectivity index (χ0v) is 20.2. The first-order valence-electron chi connectivity index (χ1n) is 11.8. The van der Waals surface area contributed by atoms with Gasteiger partial charge in [0.1, 0.15) is 17.2 Å². The molecule has 0 saturated heterocycles. The summed E-state index contributed by atoms with van der Waals surface area (Å²) in [5.74, 6) is -1.52. The summed E-state index contributed by atoms with van der Waals surface area (Å²) in [4.78, 5) is 15.1. The number of primary amides is 1. The third-order valence-electron chi connectivity index (χ3n) is 7.32. The first kappa shape index (κ1) is 24.1. The molecular weight excluding hydrogens is 434 g/mol. The van der Waals surface area contributed by atoms with Crippen LogP contribution in [0.4, 0.5) is 8.78 Å². The van der Waals surface area contributed by atoms with Crippen LogP contribution in [-0.4, -0.2) is 27.1 Å². The highest BCUT2D eigenvalue weighted by molar-refractivity contribution is 5.86. The lowest BCUT2D eigenvalue weighted by Gasteiger charge is -2.47. The van der Waals surface area contributed by atoms with Crippen molar-refractivity contribution in [1.82, 2.24) is 14.7 Å². The fourth-order valence-electron chi connectivity index (χ4n) is 5.33. The molecule has 0 fully saturated rings. The van der Waals surface area contributed by atoms with E-state index >= 15 is 0 Å². The lowest BCUT2D eigenvalue weighted by molar-refractivity contribution is -0.132. The minimum atomic E-state index is -1.05. The Balaban J connectivity index is 1.79. The van der Waals surface area contributed by atoms with E-state index in [0.717, 1.165) is 35.5 Å². The minimum Gasteiger partial charge on any atom is -0.368 e. The lowest BCUT2D eigenvalue weighted by atomic mass is 9.82. The summed E-state index contributed by atoms with van der Waals surface area (Å²) >= 11 is 0. The predicted octanol–water partition coefficient (Wildman–Crippen LogP) is 4.73. The highest BCUT2D eigenvalue weighted by atomic mass is 19.1. The van der Waals surface area contributed by atoms with Crippen LogP contribution in [-0.2, 0) is 29.7 Å². The number of aromatic nitrogens is 2. The molecule has 180 valence electrons. The molecule has 1 aliphatic heterocycles. The fraction of sp³-hybridized carbons (Fsp3) is 0.407. The van der Waals surface area contributed by atoms with Gasteiger partial charge in [-0.2, -0.15) is 5.10 Å². The normalized spacial score (nSPS) is 17.9. The van der Waals surface area contributed by atoms with E-state index in [-0.39, 0.29) is 11.6 Å². The summed E-state index contributed by atoms with van der Waals surface area (Å²) < 4.78 is 30.5. The first-order chi connectivity index (χ1) is 16.2. The van der Waals surface area contributed by atoms with Crippen molar-refractivity contribution in [2.75, 3.05) is 6.54 Å². The van der Waals surface area contributed by atoms with Crippen LogP contribution in [0.15, 0.2) is 42.5 Å². The van der Waals surface area contributed by atoms with E-state index < -0.39 is 23.1 Å². The van der Waals surface area contributed by atoms with Gasteiger partial charge in [-0.05, 0) is 63.8 Å². The molecule has 0 aliphatic carbocycles. The van der Waals surface area contributed by atoms with E-state index in [4.69, 9.17) is 10.8 Å². The van der Waals surface area contributed by atoms with Crippen molar-refractivity contribution in [2.24, 2.45) is 5.73 Å². The summed E-state index contributed by atoms with van der Waals surface area (Å²) in [5.41, 5.74) is 9.59. The highest BCUT2D eigenvalue weighted by Gasteiger charge is 2.46. The van der Waals surface area contributed by atoms with Crippen LogP contribution < -0.4 is 5.73 Å². The molecule has 0 spiro atoms. The SMILES string of the molecule is CCn1nc(C)c2c1CCN(C(C)(C(N)=O)c1ccccc1)C2CCc1cc(F)c(C)c(F)c1. The summed E-state index contributed by atoms with van der Waals surface area (Å²) in [7, 11) is 0. The number of carbonyl (C=O) groups excluding carboxylic acids is 1. The maximum atomic E-state index is 14.2. The third-order valence-corrected chi connectivity index (χ3v) is 7.32. The monoisotopic (exact) mass is 466 g/mol. The van der Waals surface area contributed by atoms with Gasteiger partial charge in [0.15, 0.2) is 0 Å². The second kappa shape index (κ2) is 9.29. The van der Waals surface area contributed by atoms with Crippen molar-refractivity contribution in [1.29, 1.82) is 0 Å². The number of carbonyl (C=O) groups is 1. The van der Waals surface area contributed by atoms with Crippen LogP contribution in [0.1, 0.15) is 60.0 Å². The maximum absolute atomic E-state index is 14.2. The topological polar surface area (TPSA) is 64.2 Å². The van der Waals surface area contributed by atoms with E-state index in [9.17, 15) is 13.6 Å². The zero-order valence-electron chi connectivity index (χ0n) is 20.2. The Morgan fingerprint density at radius 1 is 1.18 bits per heavy atom. The zero-order chi connectivity index (χ0) is 24.6. The van der Waals surface area contributed by atoms with Crippen LogP contribution in [0.3, 0.4) is 0 Å². The number of aryl methyl sites for hydroxylation is 3. The Morgan fingerprint density at radius 2 is 1.82 bits per heavy atom. The summed E-state index contributed by atoms with van der Waals surface area (Å²) in [6.07, 6.45) is 1.76. The van der Waals surface area contributed by atoms with Gasteiger partial charge in [-0.3, -0.25) is 14.4 Å². The van der Waals surface area contributed by atoms with Crippen LogP contribution in [0.25, 0.3) is 0 Å². The van der Waals surface area contributed by atoms with Crippen molar-refractivity contribution < 1.29 is 13.6 Å². The van der Waals surface area contributed by atoms with Gasteiger partial charge in [-0.1, -0.05) is 30.3 Å². The second-order valence-corrected chi connectivity index (χ2v) is 9.25. The largest absolute Gasteiger partial charge is 0.368 e. The Kier molecular flexibility index (Phi) is 6.58. The Labute approximate surface area is 199 Å². The lowest BCUT2D eigenvalue weighted by Crippen LogP contribution is -2.56. The summed E-state index contributed by atoms with van der Waals surface area (Å²) in [6.45, 7) is 8.72. The molecule has 2 aromatic carbocycles. The molecule has 34 heavy (non-hydrogen) atoms. The van der Waals surface area contributed by atoms with Crippen LogP contribution >= 0.6 is 0 Å². The minimum absolute atomic E-state index is 0.0239. The van der Waals surface area contributed by atoms with E-state index in [1.165, 1.54) is 19.1 Å². The molecule has 1 amide bonds. The van der Waals surface area contributed by atoms with Crippen LogP contribution in [0, 0.1) is 25.5 Å². The van der Waals surface area contributed by atoms with E-state index in [1.54, 1.807) is 0 Å². The van der Waals surface area contributed by atoms with Gasteiger partial charge < -0.3 is 5.73 Å². The number of halogens is 2. The second-order valence-electron chi connectivity index (χ2n) is 9.25. The Hall–Kier alpha value is -3.06. The smallest absolute Gasteiger partial charge is 0.242 e. The van der Waals surface area contributed by atoms with Crippen molar-refractivity contribution in [3.8, 4) is 0 Å². The molecular formula is C27H32F2N4O. The number of nitrogens with zero attached hydrogens (tertiary/aromatic N) is 3. The molecule has 2 N–H and O–H groups in total. The molecule has 2 heterocycles. The number of benzene rings is 2. The van der Waals surface area contributed by atoms with Crippen molar-refractivity contribution in [3.05, 3.63) is 87.7 Å². The van der Waals surface area contributed by atoms with Gasteiger partial charge in [0, 0.05) is 42.4 Å². The number of hydrogen-bond donors (Lipinski definition) is 1. The number of nitrogens with two attached hydrogens (primary N) is 1. The van der Waals surface area contributed by atoms with E-state index in [1.807, 2.05) is 48.9 Å². The molecule has 1 aromatic heterocycles. The van der Waals surface area contributed by atoms with Gasteiger partial charge >= 0.3 is 0 Å². The Morgan fingerprint density at radius 3 is 2.41 bits per heavy atom. The molecule has 0 radical (unpaired) electrons. The Bertz CT molecular complexity index is 1180. The molecule has 3 aromatic rings. The third kappa shape index (κ3) is 4.02. The predicted molar refractivity (Wildman–Crippen MR) is 128 cm³/mol. The standard InChI is InChI=1S/C27H32F2N4O/c1-5-33-24-13-14-32(27(4,26(30)34)20-9-7-6-8-10-20)23(25(24)18(3)31-33)12-11-19-15-21(28)17(2)22(29)16-19/h6-10,15-16,23H,5,11-14H2,1-4H3,(H2,30,34). The molecule has 0 bridgehead atoms. The summed E-state index contributed by atoms with van der Waals surface area (Å²) in [5, 5.41) is 4.74. The van der Waals surface area contributed by atoms with Crippen molar-refractivity contribution >= 4 is 5.91 Å². The van der Waals surface area contributed by atoms with E-state index in [2.05, 4.69) is 11.8 Å². The molecule has 4 rings (SSSR count). The van der Waals surface area contributed by atoms with Crippen LogP contribution in [0.2, 0.25) is 0 Å². The number of rotatable bonds is 7. The van der Waals surface area contributed by atoms with Gasteiger partial charge in [-0.25, -0.2) is 8.78 Å². The molecule has 5 nitrogen and oxygen atoms in total. The maximum Gasteiger partial charge on any atom is 0.242 e. The first-order valence-corrected chi connectivity index (χ1v) is 11.8. The quantitative estimate of drug-likeness (QED) is 0.548. The number of amides is 1. The number of hydrogen-bond acceptors (Lipinski definition) is 3. The average molecular weight is 467 g/mol. The molecule has 0 saturated carbocycles. The van der Waals surface area contributed by atoms with E-state index in [0.29, 0.717) is 24.9 Å². The molecule has 2 atom stereocenters. The number of fused-ring (bicyclic) bond motifs is 1. The van der Waals surface area contributed by atoms with Crippen molar-refractivity contribution in [2.45, 2.75) is 65.1 Å². The molecule has 2 unspecified atom stereocenters. The highest BCUT2D eigenvalue weighted by Crippen LogP contribution is 2.43. The molecule has 7 heteroatoms. The van der Waals surface area contributed by atoms with Gasteiger partial charge in [0.2, 0.25) is 5.91 Å². The van der Waals surface area contributed by atoms with Crippen LogP contribution in [0.5, 0.6) is 0 Å². The van der Waals surface area contributed by atoms with Gasteiger partial charge in [0.05, 0.1) is 5.69 Å². The summed E-state index contributed by atoms with van der Waals surface area (Å²) in [6, 6.07) is 12.2.